The summed E-state index contributed by atoms with van der Waals surface area (Å²) in [5.74, 6) is 1.02. The maximum absolute atomic E-state index is 5.04. The molecule has 1 fully saturated rings. The van der Waals surface area contributed by atoms with Gasteiger partial charge in [0.25, 0.3) is 0 Å². The second-order valence-corrected chi connectivity index (χ2v) is 10.1. The number of anilines is 1. The molecule has 6 rings (SSSR count). The van der Waals surface area contributed by atoms with Gasteiger partial charge in [0.05, 0.1) is 29.3 Å². The zero-order valence-corrected chi connectivity index (χ0v) is 19.9. The van der Waals surface area contributed by atoms with Crippen molar-refractivity contribution >= 4 is 28.0 Å². The normalized spacial score (nSPS) is 14.9. The van der Waals surface area contributed by atoms with Crippen LogP contribution in [-0.4, -0.2) is 42.6 Å². The van der Waals surface area contributed by atoms with Crippen molar-refractivity contribution in [1.82, 2.24) is 29.5 Å². The van der Waals surface area contributed by atoms with Crippen molar-refractivity contribution in [1.29, 1.82) is 0 Å². The number of piperidine rings is 1. The number of H-pyrrole nitrogens is 1. The quantitative estimate of drug-likeness (QED) is 0.376. The molecule has 0 aliphatic carbocycles. The molecule has 0 atom stereocenters. The average molecular weight is 452 g/mol. The molecule has 5 heterocycles. The molecule has 0 amide bonds. The van der Waals surface area contributed by atoms with Crippen molar-refractivity contribution < 1.29 is 0 Å². The fourth-order valence-electron chi connectivity index (χ4n) is 4.83. The van der Waals surface area contributed by atoms with Gasteiger partial charge in [0.15, 0.2) is 5.65 Å². The van der Waals surface area contributed by atoms with E-state index in [1.807, 2.05) is 31.0 Å². The zero-order valence-electron chi connectivity index (χ0n) is 19.9. The molecular weight excluding hydrogens is 422 g/mol. The number of nitrogens with one attached hydrogen (secondary N) is 1. The van der Waals surface area contributed by atoms with Crippen molar-refractivity contribution in [2.24, 2.45) is 0 Å². The van der Waals surface area contributed by atoms with Gasteiger partial charge in [-0.2, -0.15) is 0 Å². The maximum atomic E-state index is 5.04. The summed E-state index contributed by atoms with van der Waals surface area (Å²) in [5.41, 5.74) is 7.75. The molecular formula is C27H29N7. The smallest absolute Gasteiger partial charge is 0.156 e. The number of rotatable bonds is 3. The first-order chi connectivity index (χ1) is 16.5. The molecule has 1 N–H and O–H groups in total. The fourth-order valence-corrected chi connectivity index (χ4v) is 4.83. The van der Waals surface area contributed by atoms with Crippen LogP contribution in [0.3, 0.4) is 0 Å². The largest absolute Gasteiger partial charge is 0.357 e. The van der Waals surface area contributed by atoms with Crippen LogP contribution in [0.5, 0.6) is 0 Å². The molecule has 0 spiro atoms. The summed E-state index contributed by atoms with van der Waals surface area (Å²) >= 11 is 0. The summed E-state index contributed by atoms with van der Waals surface area (Å²) in [6.45, 7) is 8.71. The van der Waals surface area contributed by atoms with E-state index in [0.717, 1.165) is 63.5 Å². The SMILES string of the molecule is CC(C)(C)n1cnc2ccc(-c3c[nH]c4ncc(-c5ccnc(N6CCCCC6)c5)nc34)cc21. The van der Waals surface area contributed by atoms with E-state index in [2.05, 4.69) is 74.4 Å². The summed E-state index contributed by atoms with van der Waals surface area (Å²) < 4.78 is 2.22. The first kappa shape index (κ1) is 20.8. The van der Waals surface area contributed by atoms with Gasteiger partial charge in [0.2, 0.25) is 0 Å². The van der Waals surface area contributed by atoms with Crippen molar-refractivity contribution in [2.45, 2.75) is 45.6 Å². The molecule has 172 valence electrons. The van der Waals surface area contributed by atoms with E-state index in [0.29, 0.717) is 0 Å². The van der Waals surface area contributed by atoms with Crippen LogP contribution in [0.25, 0.3) is 44.6 Å². The third kappa shape index (κ3) is 3.61. The summed E-state index contributed by atoms with van der Waals surface area (Å²) in [6, 6.07) is 10.5. The number of imidazole rings is 1. The number of nitrogens with zero attached hydrogens (tertiary/aromatic N) is 6. The Morgan fingerprint density at radius 3 is 2.59 bits per heavy atom. The Bertz CT molecular complexity index is 1480. The Morgan fingerprint density at radius 1 is 0.912 bits per heavy atom. The number of hydrogen-bond donors (Lipinski definition) is 1. The van der Waals surface area contributed by atoms with Gasteiger partial charge >= 0.3 is 0 Å². The van der Waals surface area contributed by atoms with Crippen LogP contribution in [0.4, 0.5) is 5.82 Å². The lowest BCUT2D eigenvalue weighted by molar-refractivity contribution is 0.408. The number of pyridine rings is 1. The molecule has 1 aliphatic heterocycles. The molecule has 7 nitrogen and oxygen atoms in total. The predicted octanol–water partition coefficient (Wildman–Crippen LogP) is 5.78. The second-order valence-electron chi connectivity index (χ2n) is 10.1. The van der Waals surface area contributed by atoms with E-state index < -0.39 is 0 Å². The Balaban J connectivity index is 1.42. The van der Waals surface area contributed by atoms with E-state index in [1.165, 1.54) is 19.3 Å². The zero-order chi connectivity index (χ0) is 23.3. The number of aromatic nitrogens is 6. The first-order valence-corrected chi connectivity index (χ1v) is 12.0. The summed E-state index contributed by atoms with van der Waals surface area (Å²) in [7, 11) is 0. The lowest BCUT2D eigenvalue weighted by Gasteiger charge is -2.27. The van der Waals surface area contributed by atoms with Gasteiger partial charge in [0.1, 0.15) is 11.3 Å². The van der Waals surface area contributed by atoms with Gasteiger partial charge in [-0.1, -0.05) is 6.07 Å². The highest BCUT2D eigenvalue weighted by atomic mass is 15.2. The number of benzene rings is 1. The summed E-state index contributed by atoms with van der Waals surface area (Å²) in [4.78, 5) is 24.6. The van der Waals surface area contributed by atoms with Gasteiger partial charge in [-0.3, -0.25) is 0 Å². The van der Waals surface area contributed by atoms with E-state index in [9.17, 15) is 0 Å². The minimum absolute atomic E-state index is 0.0476. The third-order valence-electron chi connectivity index (χ3n) is 6.68. The predicted molar refractivity (Wildman–Crippen MR) is 137 cm³/mol. The molecule has 0 saturated carbocycles. The van der Waals surface area contributed by atoms with Crippen molar-refractivity contribution in [2.75, 3.05) is 18.0 Å². The topological polar surface area (TPSA) is 75.5 Å². The first-order valence-electron chi connectivity index (χ1n) is 12.0. The standard InChI is InChI=1S/C27H29N7/c1-27(2,3)34-17-31-21-8-7-18(13-23(21)34)20-15-29-26-25(20)32-22(16-30-26)19-9-10-28-24(14-19)33-11-5-4-6-12-33/h7-10,13-17H,4-6,11-12H2,1-3H3,(H,29,30). The maximum Gasteiger partial charge on any atom is 0.156 e. The molecule has 7 heteroatoms. The van der Waals surface area contributed by atoms with E-state index >= 15 is 0 Å². The van der Waals surface area contributed by atoms with E-state index in [1.54, 1.807) is 0 Å². The molecule has 34 heavy (non-hydrogen) atoms. The van der Waals surface area contributed by atoms with Crippen LogP contribution in [0.2, 0.25) is 0 Å². The Labute approximate surface area is 198 Å². The van der Waals surface area contributed by atoms with Gasteiger partial charge in [-0.15, -0.1) is 0 Å². The minimum atomic E-state index is -0.0476. The van der Waals surface area contributed by atoms with Crippen molar-refractivity contribution in [3.8, 4) is 22.4 Å². The summed E-state index contributed by atoms with van der Waals surface area (Å²) in [6.07, 6.45) is 11.4. The lowest BCUT2D eigenvalue weighted by Crippen LogP contribution is -2.30. The fraction of sp³-hybridized carbons (Fsp3) is 0.333. The highest BCUT2D eigenvalue weighted by Crippen LogP contribution is 2.32. The molecule has 1 aromatic carbocycles. The Morgan fingerprint density at radius 2 is 1.76 bits per heavy atom. The van der Waals surface area contributed by atoms with Crippen LogP contribution >= 0.6 is 0 Å². The van der Waals surface area contributed by atoms with Gasteiger partial charge in [-0.25, -0.2) is 19.9 Å². The summed E-state index contributed by atoms with van der Waals surface area (Å²) in [5, 5.41) is 0. The van der Waals surface area contributed by atoms with Gasteiger partial charge in [0, 0.05) is 42.1 Å². The third-order valence-corrected chi connectivity index (χ3v) is 6.68. The van der Waals surface area contributed by atoms with Crippen LogP contribution in [0.1, 0.15) is 40.0 Å². The second kappa shape index (κ2) is 7.94. The Hall–Kier alpha value is -3.74. The number of fused-ring (bicyclic) bond motifs is 2. The van der Waals surface area contributed by atoms with E-state index in [-0.39, 0.29) is 5.54 Å². The van der Waals surface area contributed by atoms with Gasteiger partial charge < -0.3 is 14.5 Å². The molecule has 5 aromatic rings. The molecule has 0 bridgehead atoms. The van der Waals surface area contributed by atoms with Crippen LogP contribution in [0, 0.1) is 0 Å². The van der Waals surface area contributed by atoms with Crippen LogP contribution < -0.4 is 4.90 Å². The molecule has 4 aromatic heterocycles. The van der Waals surface area contributed by atoms with Gasteiger partial charge in [-0.05, 0) is 69.9 Å². The highest BCUT2D eigenvalue weighted by molar-refractivity contribution is 5.94. The van der Waals surface area contributed by atoms with Crippen LogP contribution in [0.15, 0.2) is 55.2 Å². The molecule has 1 aliphatic rings. The number of hydrogen-bond acceptors (Lipinski definition) is 5. The van der Waals surface area contributed by atoms with Crippen molar-refractivity contribution in [3.05, 3.63) is 55.2 Å². The Kier molecular flexibility index (Phi) is 4.86. The highest BCUT2D eigenvalue weighted by Gasteiger charge is 2.18. The molecule has 0 radical (unpaired) electrons. The monoisotopic (exact) mass is 451 g/mol. The molecule has 1 saturated heterocycles. The molecule has 0 unspecified atom stereocenters. The lowest BCUT2D eigenvalue weighted by atomic mass is 10.1. The average Bonchev–Trinajstić information content (AvgIpc) is 3.48. The van der Waals surface area contributed by atoms with Crippen LogP contribution in [-0.2, 0) is 5.54 Å². The minimum Gasteiger partial charge on any atom is -0.357 e. The van der Waals surface area contributed by atoms with Crippen molar-refractivity contribution in [3.63, 3.8) is 0 Å². The van der Waals surface area contributed by atoms with E-state index in [4.69, 9.17) is 4.98 Å². The number of aromatic amines is 1.